The van der Waals surface area contributed by atoms with Gasteiger partial charge in [-0.3, -0.25) is 10.1 Å². The molecule has 1 heterocycles. The fourth-order valence-electron chi connectivity index (χ4n) is 2.17. The third-order valence-corrected chi connectivity index (χ3v) is 6.27. The predicted molar refractivity (Wildman–Crippen MR) is 110 cm³/mol. The Labute approximate surface area is 169 Å². The van der Waals surface area contributed by atoms with Gasteiger partial charge in [-0.25, -0.2) is 0 Å². The van der Waals surface area contributed by atoms with Crippen LogP contribution in [0.2, 0.25) is 10.0 Å². The van der Waals surface area contributed by atoms with Crippen LogP contribution in [0.4, 0.5) is 5.13 Å². The number of amides is 1. The van der Waals surface area contributed by atoms with Gasteiger partial charge in [0, 0.05) is 20.5 Å². The van der Waals surface area contributed by atoms with E-state index >= 15 is 0 Å². The first-order chi connectivity index (χ1) is 12.5. The molecule has 0 saturated heterocycles. The Hall–Kier alpha value is -1.60. The minimum Gasteiger partial charge on any atom is -0.300 e. The van der Waals surface area contributed by atoms with Crippen LogP contribution in [0.1, 0.15) is 13.3 Å². The molecule has 134 valence electrons. The number of hydrogen-bond acceptors (Lipinski definition) is 5. The van der Waals surface area contributed by atoms with Crippen LogP contribution in [-0.2, 0) is 4.79 Å². The lowest BCUT2D eigenvalue weighted by Crippen LogP contribution is -2.24. The molecule has 2 aromatic carbocycles. The van der Waals surface area contributed by atoms with Crippen LogP contribution in [0.5, 0.6) is 0 Å². The molecule has 0 aliphatic carbocycles. The number of thioether (sulfide) groups is 1. The number of nitrogens with zero attached hydrogens (tertiary/aromatic N) is 2. The maximum Gasteiger partial charge on any atom is 0.239 e. The van der Waals surface area contributed by atoms with Crippen molar-refractivity contribution in [2.24, 2.45) is 0 Å². The Morgan fingerprint density at radius 2 is 1.69 bits per heavy atom. The SMILES string of the molecule is CCC(Sc1ccc(Cl)cc1)C(=O)Nc1nnc(-c2ccc(Cl)cc2)s1. The molecule has 0 bridgehead atoms. The fourth-order valence-corrected chi connectivity index (χ4v) is 4.13. The van der Waals surface area contributed by atoms with Gasteiger partial charge in [0.1, 0.15) is 5.01 Å². The van der Waals surface area contributed by atoms with Crippen molar-refractivity contribution < 1.29 is 4.79 Å². The second kappa shape index (κ2) is 8.86. The van der Waals surface area contributed by atoms with Crippen molar-refractivity contribution in [2.75, 3.05) is 5.32 Å². The van der Waals surface area contributed by atoms with E-state index < -0.39 is 0 Å². The van der Waals surface area contributed by atoms with Gasteiger partial charge >= 0.3 is 0 Å². The Morgan fingerprint density at radius 1 is 1.08 bits per heavy atom. The largest absolute Gasteiger partial charge is 0.300 e. The molecule has 0 aliphatic rings. The predicted octanol–water partition coefficient (Wildman–Crippen LogP) is 6.02. The molecule has 0 spiro atoms. The number of halogens is 2. The maximum absolute atomic E-state index is 12.6. The third-order valence-electron chi connectivity index (χ3n) is 3.50. The molecule has 4 nitrogen and oxygen atoms in total. The highest BCUT2D eigenvalue weighted by Crippen LogP contribution is 2.30. The van der Waals surface area contributed by atoms with E-state index in [-0.39, 0.29) is 11.2 Å². The van der Waals surface area contributed by atoms with Gasteiger partial charge in [0.15, 0.2) is 0 Å². The van der Waals surface area contributed by atoms with Gasteiger partial charge in [0.2, 0.25) is 11.0 Å². The summed E-state index contributed by atoms with van der Waals surface area (Å²) >= 11 is 14.6. The number of hydrogen-bond donors (Lipinski definition) is 1. The second-order valence-electron chi connectivity index (χ2n) is 5.38. The van der Waals surface area contributed by atoms with Crippen LogP contribution < -0.4 is 5.32 Å². The van der Waals surface area contributed by atoms with Crippen LogP contribution in [-0.4, -0.2) is 21.4 Å². The number of benzene rings is 2. The second-order valence-corrected chi connectivity index (χ2v) is 8.50. The van der Waals surface area contributed by atoms with Crippen molar-refractivity contribution >= 4 is 57.3 Å². The van der Waals surface area contributed by atoms with Gasteiger partial charge < -0.3 is 0 Å². The summed E-state index contributed by atoms with van der Waals surface area (Å²) < 4.78 is 0. The number of carbonyl (C=O) groups is 1. The number of aromatic nitrogens is 2. The van der Waals surface area contributed by atoms with E-state index in [4.69, 9.17) is 23.2 Å². The minimum atomic E-state index is -0.223. The molecule has 1 amide bonds. The summed E-state index contributed by atoms with van der Waals surface area (Å²) in [5.41, 5.74) is 0.912. The fraction of sp³-hybridized carbons (Fsp3) is 0.167. The van der Waals surface area contributed by atoms with Crippen molar-refractivity contribution in [3.05, 3.63) is 58.6 Å². The van der Waals surface area contributed by atoms with E-state index in [1.807, 2.05) is 43.3 Å². The third kappa shape index (κ3) is 4.98. The van der Waals surface area contributed by atoms with Crippen LogP contribution in [0.15, 0.2) is 53.4 Å². The van der Waals surface area contributed by atoms with Crippen molar-refractivity contribution in [3.63, 3.8) is 0 Å². The zero-order valence-corrected chi connectivity index (χ0v) is 16.9. The molecule has 1 unspecified atom stereocenters. The maximum atomic E-state index is 12.6. The van der Waals surface area contributed by atoms with E-state index in [9.17, 15) is 4.79 Å². The minimum absolute atomic E-state index is 0.0914. The summed E-state index contributed by atoms with van der Waals surface area (Å²) in [4.78, 5) is 13.6. The van der Waals surface area contributed by atoms with E-state index in [1.165, 1.54) is 23.1 Å². The van der Waals surface area contributed by atoms with Crippen molar-refractivity contribution in [2.45, 2.75) is 23.5 Å². The Balaban J connectivity index is 1.66. The molecular formula is C18H15Cl2N3OS2. The Morgan fingerprint density at radius 3 is 2.31 bits per heavy atom. The Kier molecular flexibility index (Phi) is 6.53. The highest BCUT2D eigenvalue weighted by Gasteiger charge is 2.20. The summed E-state index contributed by atoms with van der Waals surface area (Å²) in [5, 5.41) is 13.4. The molecule has 1 atom stereocenters. The van der Waals surface area contributed by atoms with Crippen molar-refractivity contribution in [1.29, 1.82) is 0 Å². The lowest BCUT2D eigenvalue weighted by Gasteiger charge is -2.13. The molecular weight excluding hydrogens is 409 g/mol. The summed E-state index contributed by atoms with van der Waals surface area (Å²) in [6.45, 7) is 1.98. The van der Waals surface area contributed by atoms with Gasteiger partial charge in [-0.1, -0.05) is 53.6 Å². The molecule has 8 heteroatoms. The number of rotatable bonds is 6. The lowest BCUT2D eigenvalue weighted by molar-refractivity contribution is -0.115. The molecule has 3 rings (SSSR count). The summed E-state index contributed by atoms with van der Waals surface area (Å²) in [7, 11) is 0. The standard InChI is InChI=1S/C18H15Cl2N3OS2/c1-2-15(25-14-9-7-13(20)8-10-14)16(24)21-18-23-22-17(26-18)11-3-5-12(19)6-4-11/h3-10,15H,2H2,1H3,(H,21,23,24). The lowest BCUT2D eigenvalue weighted by atomic mass is 10.2. The first-order valence-electron chi connectivity index (χ1n) is 7.87. The van der Waals surface area contributed by atoms with E-state index in [1.54, 1.807) is 12.1 Å². The van der Waals surface area contributed by atoms with E-state index in [0.29, 0.717) is 21.6 Å². The smallest absolute Gasteiger partial charge is 0.239 e. The summed E-state index contributed by atoms with van der Waals surface area (Å²) in [5.74, 6) is -0.0914. The zero-order chi connectivity index (χ0) is 18.5. The quantitative estimate of drug-likeness (QED) is 0.492. The van der Waals surface area contributed by atoms with Crippen LogP contribution >= 0.6 is 46.3 Å². The monoisotopic (exact) mass is 423 g/mol. The van der Waals surface area contributed by atoms with Gasteiger partial charge in [0.25, 0.3) is 0 Å². The molecule has 0 fully saturated rings. The van der Waals surface area contributed by atoms with Gasteiger partial charge in [-0.15, -0.1) is 22.0 Å². The number of nitrogens with one attached hydrogen (secondary N) is 1. The average Bonchev–Trinajstić information content (AvgIpc) is 3.10. The van der Waals surface area contributed by atoms with Gasteiger partial charge in [0.05, 0.1) is 5.25 Å². The molecule has 1 N–H and O–H groups in total. The highest BCUT2D eigenvalue weighted by atomic mass is 35.5. The Bertz CT molecular complexity index is 882. The molecule has 3 aromatic rings. The van der Waals surface area contributed by atoms with Crippen molar-refractivity contribution in [1.82, 2.24) is 10.2 Å². The van der Waals surface area contributed by atoms with Gasteiger partial charge in [-0.05, 0) is 42.8 Å². The first-order valence-corrected chi connectivity index (χ1v) is 10.3. The van der Waals surface area contributed by atoms with Crippen LogP contribution in [0.3, 0.4) is 0 Å². The number of anilines is 1. The average molecular weight is 424 g/mol. The first kappa shape index (κ1) is 19.2. The molecule has 0 saturated carbocycles. The van der Waals surface area contributed by atoms with Crippen LogP contribution in [0.25, 0.3) is 10.6 Å². The van der Waals surface area contributed by atoms with Crippen molar-refractivity contribution in [3.8, 4) is 10.6 Å². The molecule has 26 heavy (non-hydrogen) atoms. The molecule has 0 radical (unpaired) electrons. The number of carbonyl (C=O) groups excluding carboxylic acids is 1. The molecule has 1 aromatic heterocycles. The van der Waals surface area contributed by atoms with Crippen LogP contribution in [0, 0.1) is 0 Å². The van der Waals surface area contributed by atoms with E-state index in [0.717, 1.165) is 15.5 Å². The van der Waals surface area contributed by atoms with Gasteiger partial charge in [-0.2, -0.15) is 0 Å². The summed E-state index contributed by atoms with van der Waals surface area (Å²) in [6, 6.07) is 14.8. The highest BCUT2D eigenvalue weighted by molar-refractivity contribution is 8.00. The van der Waals surface area contributed by atoms with E-state index in [2.05, 4.69) is 15.5 Å². The topological polar surface area (TPSA) is 54.9 Å². The zero-order valence-electron chi connectivity index (χ0n) is 13.8. The normalized spacial score (nSPS) is 12.0. The molecule has 0 aliphatic heterocycles. The summed E-state index contributed by atoms with van der Waals surface area (Å²) in [6.07, 6.45) is 0.696.